The predicted octanol–water partition coefficient (Wildman–Crippen LogP) is 5.12. The first kappa shape index (κ1) is 24.7. The highest BCUT2D eigenvalue weighted by Gasteiger charge is 2.50. The van der Waals surface area contributed by atoms with Crippen molar-refractivity contribution >= 4 is 50.0 Å². The van der Waals surface area contributed by atoms with Crippen molar-refractivity contribution in [1.29, 1.82) is 0 Å². The Morgan fingerprint density at radius 1 is 1.06 bits per heavy atom. The number of anilines is 1. The summed E-state index contributed by atoms with van der Waals surface area (Å²) < 4.78 is 36.7. The van der Waals surface area contributed by atoms with Gasteiger partial charge in [0.25, 0.3) is 5.91 Å². The van der Waals surface area contributed by atoms with Gasteiger partial charge in [0.05, 0.1) is 23.2 Å². The number of nitrogens with zero attached hydrogens (tertiary/aromatic N) is 2. The van der Waals surface area contributed by atoms with Crippen molar-refractivity contribution < 1.29 is 22.7 Å². The maximum atomic E-state index is 12.7. The molecule has 2 aliphatic heterocycles. The molecule has 10 heteroatoms. The molecule has 2 saturated heterocycles. The van der Waals surface area contributed by atoms with E-state index in [0.717, 1.165) is 5.56 Å². The molecule has 0 aliphatic carbocycles. The minimum atomic E-state index is -3.23. The van der Waals surface area contributed by atoms with E-state index in [9.17, 15) is 13.2 Å². The number of benzene rings is 3. The van der Waals surface area contributed by atoms with Crippen molar-refractivity contribution in [2.45, 2.75) is 18.2 Å². The highest BCUT2D eigenvalue weighted by atomic mass is 35.5. The van der Waals surface area contributed by atoms with E-state index in [1.807, 2.05) is 49.4 Å². The third kappa shape index (κ3) is 5.53. The summed E-state index contributed by atoms with van der Waals surface area (Å²) in [5.41, 5.74) is 1.59. The Bertz CT molecular complexity index is 1430. The molecule has 0 radical (unpaired) electrons. The number of amides is 1. The maximum Gasteiger partial charge on any atom is 0.285 e. The van der Waals surface area contributed by atoms with Gasteiger partial charge in [0, 0.05) is 10.3 Å². The molecule has 0 N–H and O–H groups in total. The summed E-state index contributed by atoms with van der Waals surface area (Å²) in [4.78, 5) is 18.8. The average molecular weight is 543 g/mol. The lowest BCUT2D eigenvalue weighted by molar-refractivity contribution is -0.119. The molecule has 2 fully saturated rings. The van der Waals surface area contributed by atoms with Crippen molar-refractivity contribution in [3.63, 3.8) is 0 Å². The van der Waals surface area contributed by atoms with E-state index in [2.05, 4.69) is 4.99 Å². The number of carbonyl (C=O) groups is 1. The number of thioether (sulfide) groups is 1. The number of sulfone groups is 1. The Morgan fingerprint density at radius 3 is 2.61 bits per heavy atom. The maximum absolute atomic E-state index is 12.7. The third-order valence-electron chi connectivity index (χ3n) is 5.79. The van der Waals surface area contributed by atoms with Crippen molar-refractivity contribution in [3.05, 3.63) is 83.4 Å². The van der Waals surface area contributed by atoms with Crippen LogP contribution in [0.15, 0.2) is 77.8 Å². The normalized spacial score (nSPS) is 21.4. The van der Waals surface area contributed by atoms with Crippen LogP contribution < -0.4 is 14.4 Å². The standard InChI is InChI=1S/C26H23ClN2O5S2/c1-17-6-5-9-20(12-17)34-23-11-10-18(27)13-21(23)29-22-15-36(31,32)16-24(22)35-26(29)28-25(30)14-33-19-7-3-2-4-8-19/h2-13,22,24H,14-16H2,1H3. The van der Waals surface area contributed by atoms with Gasteiger partial charge in [-0.3, -0.25) is 4.79 Å². The van der Waals surface area contributed by atoms with Crippen LogP contribution in [0.5, 0.6) is 17.2 Å². The summed E-state index contributed by atoms with van der Waals surface area (Å²) in [5.74, 6) is 1.17. The van der Waals surface area contributed by atoms with Crippen LogP contribution in [-0.2, 0) is 14.6 Å². The number of fused-ring (bicyclic) bond motifs is 1. The molecular weight excluding hydrogens is 520 g/mol. The Morgan fingerprint density at radius 2 is 1.83 bits per heavy atom. The van der Waals surface area contributed by atoms with Gasteiger partial charge < -0.3 is 14.4 Å². The number of aliphatic imine (C=N–C) groups is 1. The zero-order valence-corrected chi connectivity index (χ0v) is 21.7. The summed E-state index contributed by atoms with van der Waals surface area (Å²) in [6.45, 7) is 1.73. The summed E-state index contributed by atoms with van der Waals surface area (Å²) in [6, 6.07) is 21.4. The smallest absolute Gasteiger partial charge is 0.285 e. The average Bonchev–Trinajstić information content (AvgIpc) is 3.30. The van der Waals surface area contributed by atoms with E-state index >= 15 is 0 Å². The Kier molecular flexibility index (Phi) is 6.96. The zero-order valence-electron chi connectivity index (χ0n) is 19.3. The quantitative estimate of drug-likeness (QED) is 0.427. The second-order valence-corrected chi connectivity index (χ2v) is 12.4. The molecule has 0 saturated carbocycles. The van der Waals surface area contributed by atoms with Crippen LogP contribution in [0.3, 0.4) is 0 Å². The molecule has 7 nitrogen and oxygen atoms in total. The molecule has 2 atom stereocenters. The van der Waals surface area contributed by atoms with Crippen LogP contribution >= 0.6 is 23.4 Å². The predicted molar refractivity (Wildman–Crippen MR) is 143 cm³/mol. The number of carbonyl (C=O) groups excluding carboxylic acids is 1. The van der Waals surface area contributed by atoms with E-state index in [4.69, 9.17) is 21.1 Å². The Hall–Kier alpha value is -3.01. The number of amidine groups is 1. The first-order valence-electron chi connectivity index (χ1n) is 11.3. The largest absolute Gasteiger partial charge is 0.484 e. The summed E-state index contributed by atoms with van der Waals surface area (Å²) in [6.07, 6.45) is 0. The van der Waals surface area contributed by atoms with Gasteiger partial charge >= 0.3 is 0 Å². The van der Waals surface area contributed by atoms with Crippen molar-refractivity contribution in [1.82, 2.24) is 0 Å². The molecule has 2 aliphatic rings. The van der Waals surface area contributed by atoms with E-state index in [-0.39, 0.29) is 23.4 Å². The highest BCUT2D eigenvalue weighted by Crippen LogP contribution is 2.45. The number of hydrogen-bond acceptors (Lipinski definition) is 6. The number of aryl methyl sites for hydroxylation is 1. The summed E-state index contributed by atoms with van der Waals surface area (Å²) >= 11 is 7.64. The van der Waals surface area contributed by atoms with Gasteiger partial charge in [0.2, 0.25) is 0 Å². The van der Waals surface area contributed by atoms with Crippen molar-refractivity contribution in [3.8, 4) is 17.2 Å². The molecule has 2 heterocycles. The first-order valence-corrected chi connectivity index (χ1v) is 14.3. The second kappa shape index (κ2) is 10.2. The summed E-state index contributed by atoms with van der Waals surface area (Å²) in [5, 5.41) is 0.592. The number of halogens is 1. The molecule has 3 aromatic carbocycles. The lowest BCUT2D eigenvalue weighted by Crippen LogP contribution is -2.38. The molecule has 186 valence electrons. The Balaban J connectivity index is 1.48. The van der Waals surface area contributed by atoms with E-state index in [1.165, 1.54) is 11.8 Å². The van der Waals surface area contributed by atoms with Gasteiger partial charge in [-0.2, -0.15) is 4.99 Å². The van der Waals surface area contributed by atoms with Gasteiger partial charge in [0.1, 0.15) is 11.5 Å². The van der Waals surface area contributed by atoms with Crippen molar-refractivity contribution in [2.75, 3.05) is 23.0 Å². The van der Waals surface area contributed by atoms with Crippen LogP contribution in [0.4, 0.5) is 5.69 Å². The fraction of sp³-hybridized carbons (Fsp3) is 0.231. The number of rotatable bonds is 6. The van der Waals surface area contributed by atoms with Crippen molar-refractivity contribution in [2.24, 2.45) is 4.99 Å². The lowest BCUT2D eigenvalue weighted by Gasteiger charge is -2.27. The Labute approximate surface area is 219 Å². The minimum absolute atomic E-state index is 0.0151. The summed E-state index contributed by atoms with van der Waals surface area (Å²) in [7, 11) is -3.23. The molecular formula is C26H23ClN2O5S2. The zero-order chi connectivity index (χ0) is 25.3. The minimum Gasteiger partial charge on any atom is -0.484 e. The monoisotopic (exact) mass is 542 g/mol. The van der Waals surface area contributed by atoms with E-state index in [1.54, 1.807) is 35.2 Å². The molecule has 3 aromatic rings. The van der Waals surface area contributed by atoms with E-state index in [0.29, 0.717) is 33.1 Å². The number of ether oxygens (including phenoxy) is 2. The van der Waals surface area contributed by atoms with Gasteiger partial charge in [-0.05, 0) is 55.0 Å². The van der Waals surface area contributed by atoms with E-state index < -0.39 is 21.8 Å². The first-order chi connectivity index (χ1) is 17.3. The number of hydrogen-bond donors (Lipinski definition) is 0. The molecule has 2 unspecified atom stereocenters. The molecule has 36 heavy (non-hydrogen) atoms. The third-order valence-corrected chi connectivity index (χ3v) is 9.24. The SMILES string of the molecule is Cc1cccc(Oc2ccc(Cl)cc2N2C(=NC(=O)COc3ccccc3)SC3CS(=O)(=O)CC32)c1. The number of para-hydroxylation sites is 1. The molecule has 5 rings (SSSR count). The van der Waals surface area contributed by atoms with Gasteiger partial charge in [-0.15, -0.1) is 0 Å². The van der Waals surface area contributed by atoms with Crippen LogP contribution in [0, 0.1) is 6.92 Å². The van der Waals surface area contributed by atoms with Crippen LogP contribution in [0.25, 0.3) is 0 Å². The van der Waals surface area contributed by atoms with Gasteiger partial charge in [-0.25, -0.2) is 8.42 Å². The molecule has 0 aromatic heterocycles. The van der Waals surface area contributed by atoms with Crippen LogP contribution in [0.2, 0.25) is 5.02 Å². The topological polar surface area (TPSA) is 85.3 Å². The fourth-order valence-corrected chi connectivity index (χ4v) is 8.31. The highest BCUT2D eigenvalue weighted by molar-refractivity contribution is 8.16. The fourth-order valence-electron chi connectivity index (χ4n) is 4.22. The lowest BCUT2D eigenvalue weighted by atomic mass is 10.2. The van der Waals surface area contributed by atoms with Gasteiger partial charge in [-0.1, -0.05) is 53.7 Å². The molecule has 1 amide bonds. The second-order valence-electron chi connectivity index (χ2n) is 8.59. The van der Waals surface area contributed by atoms with Crippen LogP contribution in [0.1, 0.15) is 5.56 Å². The van der Waals surface area contributed by atoms with Gasteiger partial charge in [0.15, 0.2) is 27.4 Å². The van der Waals surface area contributed by atoms with Crippen LogP contribution in [-0.4, -0.2) is 48.9 Å². The molecule has 0 spiro atoms. The molecule has 0 bridgehead atoms.